The van der Waals surface area contributed by atoms with Gasteiger partial charge in [-0.15, -0.1) is 0 Å². The van der Waals surface area contributed by atoms with Gasteiger partial charge in [0.15, 0.2) is 0 Å². The molecule has 0 saturated heterocycles. The average Bonchev–Trinajstić information content (AvgIpc) is 3.10. The van der Waals surface area contributed by atoms with E-state index in [0.29, 0.717) is 5.56 Å². The number of esters is 1. The monoisotopic (exact) mass is 473 g/mol. The van der Waals surface area contributed by atoms with E-state index in [1.165, 1.54) is 0 Å². The van der Waals surface area contributed by atoms with Crippen LogP contribution in [0, 0.1) is 17.3 Å². The first kappa shape index (κ1) is 22.9. The molecule has 1 aromatic rings. The Morgan fingerprint density at radius 2 is 1.52 bits per heavy atom. The van der Waals surface area contributed by atoms with Gasteiger partial charge in [-0.3, -0.25) is 4.79 Å². The number of carbonyl (C=O) groups is 1. The number of nitrogens with zero attached hydrogens (tertiary/aromatic N) is 1. The molecule has 1 aliphatic carbocycles. The zero-order valence-electron chi connectivity index (χ0n) is 15.5. The van der Waals surface area contributed by atoms with E-state index in [1.807, 2.05) is 34.6 Å². The number of rotatable bonds is 5. The van der Waals surface area contributed by atoms with Crippen molar-refractivity contribution in [2.75, 3.05) is 0 Å². The molecule has 2 rings (SSSR count). The number of hydrogen-bond acceptors (Lipinski definition) is 4. The van der Waals surface area contributed by atoms with E-state index in [2.05, 4.69) is 5.16 Å². The minimum absolute atomic E-state index is 0.0573. The Morgan fingerprint density at radius 1 is 1.04 bits per heavy atom. The Bertz CT molecular complexity index is 757. The normalized spacial score (nSPS) is 21.4. The van der Waals surface area contributed by atoms with E-state index in [1.54, 1.807) is 6.21 Å². The third kappa shape index (κ3) is 4.97. The molecule has 0 aliphatic heterocycles. The SMILES string of the molecule is CC(C)(C)ON=C[C@H]1[C@@H](C(=O)OCc2c(Cl)c(Cl)c(Cl)c(Cl)c2Cl)C1(C)C. The van der Waals surface area contributed by atoms with Crippen molar-refractivity contribution in [3.05, 3.63) is 30.7 Å². The van der Waals surface area contributed by atoms with Crippen molar-refractivity contribution < 1.29 is 14.4 Å². The molecule has 4 nitrogen and oxygen atoms in total. The summed E-state index contributed by atoms with van der Waals surface area (Å²) in [6.45, 7) is 9.44. The number of hydrogen-bond donors (Lipinski definition) is 0. The third-order valence-electron chi connectivity index (χ3n) is 4.37. The molecule has 1 saturated carbocycles. The summed E-state index contributed by atoms with van der Waals surface area (Å²) in [4.78, 5) is 17.9. The van der Waals surface area contributed by atoms with Gasteiger partial charge in [-0.05, 0) is 26.2 Å². The predicted molar refractivity (Wildman–Crippen MR) is 111 cm³/mol. The van der Waals surface area contributed by atoms with E-state index >= 15 is 0 Å². The lowest BCUT2D eigenvalue weighted by atomic mass is 10.1. The van der Waals surface area contributed by atoms with Gasteiger partial charge < -0.3 is 9.57 Å². The van der Waals surface area contributed by atoms with E-state index in [-0.39, 0.29) is 54.9 Å². The van der Waals surface area contributed by atoms with Crippen molar-refractivity contribution in [2.24, 2.45) is 22.4 Å². The summed E-state index contributed by atoms with van der Waals surface area (Å²) in [6.07, 6.45) is 1.65. The highest BCUT2D eigenvalue weighted by Crippen LogP contribution is 2.58. The van der Waals surface area contributed by atoms with E-state index in [4.69, 9.17) is 67.6 Å². The van der Waals surface area contributed by atoms with Crippen molar-refractivity contribution in [2.45, 2.75) is 46.8 Å². The lowest BCUT2D eigenvalue weighted by molar-refractivity contribution is -0.147. The van der Waals surface area contributed by atoms with Crippen molar-refractivity contribution in [1.82, 2.24) is 0 Å². The van der Waals surface area contributed by atoms with Crippen LogP contribution < -0.4 is 0 Å². The Labute approximate surface area is 184 Å². The minimum atomic E-state index is -0.397. The molecule has 150 valence electrons. The van der Waals surface area contributed by atoms with Gasteiger partial charge in [0.2, 0.25) is 0 Å². The first-order chi connectivity index (χ1) is 12.3. The lowest BCUT2D eigenvalue weighted by Crippen LogP contribution is -2.15. The Hall–Kier alpha value is -0.390. The lowest BCUT2D eigenvalue weighted by Gasteiger charge is -2.14. The zero-order valence-corrected chi connectivity index (χ0v) is 19.3. The Balaban J connectivity index is 2.07. The first-order valence-electron chi connectivity index (χ1n) is 8.17. The molecule has 0 heterocycles. The van der Waals surface area contributed by atoms with E-state index < -0.39 is 5.60 Å². The quantitative estimate of drug-likeness (QED) is 0.150. The van der Waals surface area contributed by atoms with Gasteiger partial charge in [0.25, 0.3) is 0 Å². The van der Waals surface area contributed by atoms with Crippen molar-refractivity contribution in [1.29, 1.82) is 0 Å². The second-order valence-corrected chi connectivity index (χ2v) is 9.83. The van der Waals surface area contributed by atoms with Gasteiger partial charge in [0, 0.05) is 17.7 Å². The molecule has 1 aromatic carbocycles. The summed E-state index contributed by atoms with van der Waals surface area (Å²) in [6, 6.07) is 0. The molecule has 9 heteroatoms. The van der Waals surface area contributed by atoms with Crippen LogP contribution in [-0.4, -0.2) is 17.8 Å². The molecule has 0 amide bonds. The van der Waals surface area contributed by atoms with Crippen molar-refractivity contribution in [3.8, 4) is 0 Å². The van der Waals surface area contributed by atoms with Gasteiger partial charge in [0.05, 0.1) is 31.0 Å². The molecule has 0 unspecified atom stereocenters. The molecule has 1 fully saturated rings. The van der Waals surface area contributed by atoms with Crippen molar-refractivity contribution in [3.63, 3.8) is 0 Å². The van der Waals surface area contributed by atoms with Gasteiger partial charge >= 0.3 is 5.97 Å². The number of ether oxygens (including phenoxy) is 1. The molecule has 0 aromatic heterocycles. The number of oxime groups is 1. The summed E-state index contributed by atoms with van der Waals surface area (Å²) in [5, 5.41) is 4.39. The van der Waals surface area contributed by atoms with Crippen LogP contribution in [0.4, 0.5) is 0 Å². The van der Waals surface area contributed by atoms with Crippen LogP contribution in [0.1, 0.15) is 40.2 Å². The molecule has 0 radical (unpaired) electrons. The maximum atomic E-state index is 12.5. The predicted octanol–water partition coefficient (Wildman–Crippen LogP) is 7.07. The second-order valence-electron chi connectivity index (χ2n) is 7.94. The fourth-order valence-electron chi connectivity index (χ4n) is 2.67. The minimum Gasteiger partial charge on any atom is -0.460 e. The van der Waals surface area contributed by atoms with Crippen LogP contribution in [0.3, 0.4) is 0 Å². The zero-order chi connectivity index (χ0) is 20.7. The van der Waals surface area contributed by atoms with Crippen LogP contribution >= 0.6 is 58.0 Å². The summed E-state index contributed by atoms with van der Waals surface area (Å²) in [5.74, 6) is -0.821. The van der Waals surface area contributed by atoms with Crippen LogP contribution in [0.15, 0.2) is 5.16 Å². The maximum Gasteiger partial charge on any atom is 0.310 e. The Kier molecular flexibility index (Phi) is 6.92. The van der Waals surface area contributed by atoms with Gasteiger partial charge in [-0.2, -0.15) is 0 Å². The molecule has 1 aliphatic rings. The molecular formula is C18H20Cl5NO3. The summed E-state index contributed by atoms with van der Waals surface area (Å²) in [7, 11) is 0. The largest absolute Gasteiger partial charge is 0.460 e. The van der Waals surface area contributed by atoms with Gasteiger partial charge in [0.1, 0.15) is 12.2 Å². The van der Waals surface area contributed by atoms with Crippen LogP contribution in [0.5, 0.6) is 0 Å². The van der Waals surface area contributed by atoms with Crippen LogP contribution in [0.2, 0.25) is 25.1 Å². The van der Waals surface area contributed by atoms with Crippen molar-refractivity contribution >= 4 is 70.2 Å². The summed E-state index contributed by atoms with van der Waals surface area (Å²) >= 11 is 30.3. The highest BCUT2D eigenvalue weighted by Gasteiger charge is 2.62. The smallest absolute Gasteiger partial charge is 0.310 e. The van der Waals surface area contributed by atoms with E-state index in [0.717, 1.165) is 0 Å². The molecule has 27 heavy (non-hydrogen) atoms. The summed E-state index contributed by atoms with van der Waals surface area (Å²) in [5.41, 5.74) is -0.373. The fourth-order valence-corrected chi connectivity index (χ4v) is 3.96. The topological polar surface area (TPSA) is 47.9 Å². The second kappa shape index (κ2) is 8.16. The molecule has 0 spiro atoms. The standard InChI is InChI=1S/C18H20Cl5NO3/c1-17(2,3)27-24-6-9-10(18(9,4)5)16(25)26-7-8-11(19)13(21)15(23)14(22)12(8)20/h6,9-10H,7H2,1-5H3/t9-,10-/m0/s1. The molecule has 2 atom stereocenters. The van der Waals surface area contributed by atoms with E-state index in [9.17, 15) is 4.79 Å². The third-order valence-corrected chi connectivity index (χ3v) is 6.73. The maximum absolute atomic E-state index is 12.5. The number of benzene rings is 1. The molecular weight excluding hydrogens is 455 g/mol. The highest BCUT2D eigenvalue weighted by atomic mass is 35.5. The Morgan fingerprint density at radius 3 is 2.00 bits per heavy atom. The van der Waals surface area contributed by atoms with Crippen LogP contribution in [-0.2, 0) is 21.0 Å². The number of carbonyl (C=O) groups excluding carboxylic acids is 1. The first-order valence-corrected chi connectivity index (χ1v) is 10.1. The van der Waals surface area contributed by atoms with Gasteiger partial charge in [-0.1, -0.05) is 77.0 Å². The average molecular weight is 476 g/mol. The summed E-state index contributed by atoms with van der Waals surface area (Å²) < 4.78 is 5.41. The fraction of sp³-hybridized carbons (Fsp3) is 0.556. The molecule has 0 N–H and O–H groups in total. The number of halogens is 5. The van der Waals surface area contributed by atoms with Gasteiger partial charge in [-0.25, -0.2) is 0 Å². The van der Waals surface area contributed by atoms with Crippen LogP contribution in [0.25, 0.3) is 0 Å². The molecule has 0 bridgehead atoms. The highest BCUT2D eigenvalue weighted by molar-refractivity contribution is 6.55.